The number of hydrogen-bond acceptors (Lipinski definition) is 5. The second-order valence-corrected chi connectivity index (χ2v) is 4.96. The molecule has 0 bridgehead atoms. The molecule has 0 aromatic carbocycles. The molecule has 0 aliphatic rings. The first-order valence-electron chi connectivity index (χ1n) is 6.89. The van der Waals surface area contributed by atoms with Gasteiger partial charge in [0, 0.05) is 32.8 Å². The summed E-state index contributed by atoms with van der Waals surface area (Å²) in [7, 11) is 3.63. The van der Waals surface area contributed by atoms with Crippen molar-refractivity contribution in [2.75, 3.05) is 44.1 Å². The fourth-order valence-electron chi connectivity index (χ4n) is 2.14. The predicted octanol–water partition coefficient (Wildman–Crippen LogP) is 2.19. The first kappa shape index (κ1) is 15.7. The van der Waals surface area contributed by atoms with Gasteiger partial charge in [-0.25, -0.2) is 9.97 Å². The summed E-state index contributed by atoms with van der Waals surface area (Å²) < 4.78 is 5.20. The summed E-state index contributed by atoms with van der Waals surface area (Å²) in [4.78, 5) is 11.1. The van der Waals surface area contributed by atoms with Gasteiger partial charge in [0.25, 0.3) is 0 Å². The van der Waals surface area contributed by atoms with Crippen LogP contribution in [0.15, 0.2) is 6.33 Å². The van der Waals surface area contributed by atoms with E-state index in [0.29, 0.717) is 12.5 Å². The van der Waals surface area contributed by atoms with Gasteiger partial charge < -0.3 is 15.0 Å². The van der Waals surface area contributed by atoms with E-state index in [1.54, 1.807) is 13.4 Å². The maximum absolute atomic E-state index is 5.20. The molecule has 1 aromatic heterocycles. The van der Waals surface area contributed by atoms with Gasteiger partial charge in [-0.2, -0.15) is 0 Å². The molecule has 0 unspecified atom stereocenters. The second-order valence-electron chi connectivity index (χ2n) is 4.96. The molecule has 0 radical (unpaired) electrons. The van der Waals surface area contributed by atoms with Crippen molar-refractivity contribution < 1.29 is 4.74 Å². The molecule has 1 rings (SSSR count). The third kappa shape index (κ3) is 4.35. The molecule has 0 atom stereocenters. The molecule has 0 spiro atoms. The van der Waals surface area contributed by atoms with Gasteiger partial charge in [0.2, 0.25) is 0 Å². The Hall–Kier alpha value is -1.36. The fraction of sp³-hybridized carbons (Fsp3) is 0.714. The third-order valence-electron chi connectivity index (χ3n) is 2.96. The van der Waals surface area contributed by atoms with Crippen molar-refractivity contribution >= 4 is 11.6 Å². The molecular formula is C14H26N4O. The molecule has 19 heavy (non-hydrogen) atoms. The van der Waals surface area contributed by atoms with Crippen molar-refractivity contribution in [3.8, 4) is 0 Å². The molecule has 5 heteroatoms. The van der Waals surface area contributed by atoms with Crippen molar-refractivity contribution in [1.82, 2.24) is 9.97 Å². The van der Waals surface area contributed by atoms with E-state index < -0.39 is 0 Å². The van der Waals surface area contributed by atoms with Gasteiger partial charge in [-0.15, -0.1) is 0 Å². The van der Waals surface area contributed by atoms with Crippen molar-refractivity contribution in [1.29, 1.82) is 0 Å². The normalized spacial score (nSPS) is 10.8. The highest BCUT2D eigenvalue weighted by molar-refractivity contribution is 5.58. The SMILES string of the molecule is CCc1c(NC)ncnc1N(CCOC)CC(C)C. The van der Waals surface area contributed by atoms with Crippen LogP contribution in [0.25, 0.3) is 0 Å². The van der Waals surface area contributed by atoms with Crippen LogP contribution in [0.2, 0.25) is 0 Å². The van der Waals surface area contributed by atoms with Crippen LogP contribution < -0.4 is 10.2 Å². The van der Waals surface area contributed by atoms with E-state index >= 15 is 0 Å². The molecule has 0 amide bonds. The van der Waals surface area contributed by atoms with Crippen LogP contribution in [0, 0.1) is 5.92 Å². The summed E-state index contributed by atoms with van der Waals surface area (Å²) in [5, 5.41) is 3.14. The van der Waals surface area contributed by atoms with E-state index in [4.69, 9.17) is 4.74 Å². The molecule has 1 heterocycles. The summed E-state index contributed by atoms with van der Waals surface area (Å²) in [5.74, 6) is 2.51. The van der Waals surface area contributed by atoms with Crippen molar-refractivity contribution in [3.63, 3.8) is 0 Å². The lowest BCUT2D eigenvalue weighted by Gasteiger charge is -2.27. The lowest BCUT2D eigenvalue weighted by molar-refractivity contribution is 0.204. The lowest BCUT2D eigenvalue weighted by atomic mass is 10.1. The van der Waals surface area contributed by atoms with Crippen LogP contribution in [-0.4, -0.2) is 43.8 Å². The maximum Gasteiger partial charge on any atom is 0.137 e. The Morgan fingerprint density at radius 1 is 1.37 bits per heavy atom. The Balaban J connectivity index is 3.05. The second kappa shape index (κ2) is 7.94. The molecule has 108 valence electrons. The minimum Gasteiger partial charge on any atom is -0.383 e. The Bertz CT molecular complexity index is 382. The smallest absolute Gasteiger partial charge is 0.137 e. The van der Waals surface area contributed by atoms with Crippen LogP contribution in [0.3, 0.4) is 0 Å². The van der Waals surface area contributed by atoms with Gasteiger partial charge in [0.15, 0.2) is 0 Å². The van der Waals surface area contributed by atoms with Gasteiger partial charge in [-0.3, -0.25) is 0 Å². The number of aromatic nitrogens is 2. The van der Waals surface area contributed by atoms with E-state index in [9.17, 15) is 0 Å². The van der Waals surface area contributed by atoms with Gasteiger partial charge >= 0.3 is 0 Å². The molecule has 0 aliphatic heterocycles. The fourth-order valence-corrected chi connectivity index (χ4v) is 2.14. The highest BCUT2D eigenvalue weighted by atomic mass is 16.5. The molecule has 1 N–H and O–H groups in total. The minimum atomic E-state index is 0.578. The quantitative estimate of drug-likeness (QED) is 0.781. The number of hydrogen-bond donors (Lipinski definition) is 1. The van der Waals surface area contributed by atoms with Crippen molar-refractivity contribution in [3.05, 3.63) is 11.9 Å². The minimum absolute atomic E-state index is 0.578. The number of methoxy groups -OCH3 is 1. The van der Waals surface area contributed by atoms with Gasteiger partial charge in [0.1, 0.15) is 18.0 Å². The van der Waals surface area contributed by atoms with E-state index in [0.717, 1.165) is 31.1 Å². The molecule has 0 fully saturated rings. The van der Waals surface area contributed by atoms with Crippen LogP contribution in [-0.2, 0) is 11.2 Å². The molecule has 0 saturated heterocycles. The largest absolute Gasteiger partial charge is 0.383 e. The number of nitrogens with one attached hydrogen (secondary N) is 1. The highest BCUT2D eigenvalue weighted by Crippen LogP contribution is 2.24. The van der Waals surface area contributed by atoms with Crippen LogP contribution in [0.1, 0.15) is 26.3 Å². The molecular weight excluding hydrogens is 240 g/mol. The summed E-state index contributed by atoms with van der Waals surface area (Å²) >= 11 is 0. The third-order valence-corrected chi connectivity index (χ3v) is 2.96. The zero-order chi connectivity index (χ0) is 14.3. The first-order valence-corrected chi connectivity index (χ1v) is 6.89. The Morgan fingerprint density at radius 2 is 2.11 bits per heavy atom. The van der Waals surface area contributed by atoms with Gasteiger partial charge in [-0.05, 0) is 12.3 Å². The Morgan fingerprint density at radius 3 is 2.63 bits per heavy atom. The number of anilines is 2. The van der Waals surface area contributed by atoms with Gasteiger partial charge in [-0.1, -0.05) is 20.8 Å². The highest BCUT2D eigenvalue weighted by Gasteiger charge is 2.16. The van der Waals surface area contributed by atoms with Crippen LogP contribution in [0.5, 0.6) is 0 Å². The Labute approximate surface area is 116 Å². The van der Waals surface area contributed by atoms with E-state index in [2.05, 4.69) is 41.0 Å². The van der Waals surface area contributed by atoms with Crippen LogP contribution in [0.4, 0.5) is 11.6 Å². The lowest BCUT2D eigenvalue weighted by Crippen LogP contribution is -2.32. The zero-order valence-corrected chi connectivity index (χ0v) is 12.7. The first-order chi connectivity index (χ1) is 9.13. The maximum atomic E-state index is 5.20. The summed E-state index contributed by atoms with van der Waals surface area (Å²) in [6, 6.07) is 0. The predicted molar refractivity (Wildman–Crippen MR) is 79.9 cm³/mol. The monoisotopic (exact) mass is 266 g/mol. The number of nitrogens with zero attached hydrogens (tertiary/aromatic N) is 3. The topological polar surface area (TPSA) is 50.3 Å². The van der Waals surface area contributed by atoms with Crippen molar-refractivity contribution in [2.45, 2.75) is 27.2 Å². The van der Waals surface area contributed by atoms with E-state index in [1.807, 2.05) is 7.05 Å². The standard InChI is InChI=1S/C14H26N4O/c1-6-12-13(15-4)16-10-17-14(12)18(7-8-19-5)9-11(2)3/h10-11H,6-9H2,1-5H3,(H,15,16,17). The van der Waals surface area contributed by atoms with Crippen LogP contribution >= 0.6 is 0 Å². The number of ether oxygens (including phenoxy) is 1. The molecule has 5 nitrogen and oxygen atoms in total. The summed E-state index contributed by atoms with van der Waals surface area (Å²) in [5.41, 5.74) is 1.17. The van der Waals surface area contributed by atoms with E-state index in [1.165, 1.54) is 5.56 Å². The summed E-state index contributed by atoms with van der Waals surface area (Å²) in [6.07, 6.45) is 2.54. The average Bonchev–Trinajstić information content (AvgIpc) is 2.41. The molecule has 1 aromatic rings. The zero-order valence-electron chi connectivity index (χ0n) is 12.7. The number of rotatable bonds is 8. The van der Waals surface area contributed by atoms with Crippen molar-refractivity contribution in [2.24, 2.45) is 5.92 Å². The summed E-state index contributed by atoms with van der Waals surface area (Å²) in [6.45, 7) is 9.08. The van der Waals surface area contributed by atoms with Gasteiger partial charge in [0.05, 0.1) is 6.61 Å². The molecule has 0 aliphatic carbocycles. The average molecular weight is 266 g/mol. The Kier molecular flexibility index (Phi) is 6.56. The van der Waals surface area contributed by atoms with E-state index in [-0.39, 0.29) is 0 Å². The molecule has 0 saturated carbocycles.